The number of amides is 1. The topological polar surface area (TPSA) is 49.3 Å². The molecule has 0 radical (unpaired) electrons. The van der Waals surface area contributed by atoms with Gasteiger partial charge in [0, 0.05) is 37.9 Å². The highest BCUT2D eigenvalue weighted by Crippen LogP contribution is 2.38. The van der Waals surface area contributed by atoms with Crippen LogP contribution in [0.2, 0.25) is 0 Å². The van der Waals surface area contributed by atoms with Gasteiger partial charge in [-0.1, -0.05) is 6.42 Å². The molecule has 0 N–H and O–H groups in total. The molecule has 0 aromatic carbocycles. The summed E-state index contributed by atoms with van der Waals surface area (Å²) in [6.07, 6.45) is 6.58. The van der Waals surface area contributed by atoms with Crippen molar-refractivity contribution < 1.29 is 4.79 Å². The maximum absolute atomic E-state index is 12.8. The van der Waals surface area contributed by atoms with Crippen LogP contribution in [0.1, 0.15) is 31.4 Å². The van der Waals surface area contributed by atoms with Gasteiger partial charge in [0.1, 0.15) is 12.1 Å². The highest BCUT2D eigenvalue weighted by atomic mass is 16.2. The Kier molecular flexibility index (Phi) is 3.51. The molecule has 1 saturated carbocycles. The van der Waals surface area contributed by atoms with E-state index in [0.29, 0.717) is 5.91 Å². The van der Waals surface area contributed by atoms with Crippen LogP contribution in [0.4, 0.5) is 5.82 Å². The maximum atomic E-state index is 12.8. The number of fused-ring (bicyclic) bond motifs is 1. The van der Waals surface area contributed by atoms with Gasteiger partial charge in [-0.15, -0.1) is 0 Å². The van der Waals surface area contributed by atoms with Gasteiger partial charge in [-0.25, -0.2) is 9.97 Å². The van der Waals surface area contributed by atoms with Crippen molar-refractivity contribution in [1.82, 2.24) is 14.9 Å². The van der Waals surface area contributed by atoms with Crippen LogP contribution in [0.15, 0.2) is 12.4 Å². The predicted molar refractivity (Wildman–Crippen MR) is 84.5 cm³/mol. The van der Waals surface area contributed by atoms with Crippen LogP contribution in [0.3, 0.4) is 0 Å². The van der Waals surface area contributed by atoms with Gasteiger partial charge in [-0.3, -0.25) is 4.79 Å². The van der Waals surface area contributed by atoms with Crippen LogP contribution in [0.25, 0.3) is 0 Å². The average Bonchev–Trinajstić information content (AvgIpc) is 3.22. The standard InChI is InChI=1S/C17H24N4O/c1-12-7-16(19-11-18-12)20-6-5-15(10-20)17(22)21-8-13-3-2-4-14(13)9-21/h7,11,13-15H,2-6,8-10H2,1H3. The van der Waals surface area contributed by atoms with Gasteiger partial charge >= 0.3 is 0 Å². The molecule has 0 spiro atoms. The summed E-state index contributed by atoms with van der Waals surface area (Å²) in [5.41, 5.74) is 0.979. The molecular weight excluding hydrogens is 276 g/mol. The first-order valence-electron chi connectivity index (χ1n) is 8.53. The summed E-state index contributed by atoms with van der Waals surface area (Å²) in [5, 5.41) is 0. The zero-order valence-corrected chi connectivity index (χ0v) is 13.2. The molecule has 1 aromatic heterocycles. The lowest BCUT2D eigenvalue weighted by molar-refractivity contribution is -0.134. The number of hydrogen-bond acceptors (Lipinski definition) is 4. The number of aromatic nitrogens is 2. The van der Waals surface area contributed by atoms with Crippen LogP contribution < -0.4 is 4.90 Å². The second kappa shape index (κ2) is 5.52. The number of likely N-dealkylation sites (tertiary alicyclic amines) is 1. The van der Waals surface area contributed by atoms with Gasteiger partial charge in [0.15, 0.2) is 0 Å². The third kappa shape index (κ3) is 2.46. The van der Waals surface area contributed by atoms with Gasteiger partial charge in [-0.2, -0.15) is 0 Å². The van der Waals surface area contributed by atoms with E-state index in [2.05, 4.69) is 19.8 Å². The number of carbonyl (C=O) groups excluding carboxylic acids is 1. The van der Waals surface area contributed by atoms with Crippen molar-refractivity contribution in [3.8, 4) is 0 Å². The number of nitrogens with zero attached hydrogens (tertiary/aromatic N) is 4. The third-order valence-electron chi connectivity index (χ3n) is 5.69. The molecule has 4 rings (SSSR count). The Hall–Kier alpha value is -1.65. The minimum absolute atomic E-state index is 0.147. The fourth-order valence-electron chi connectivity index (χ4n) is 4.46. The first-order chi connectivity index (χ1) is 10.7. The highest BCUT2D eigenvalue weighted by molar-refractivity contribution is 5.80. The predicted octanol–water partition coefficient (Wildman–Crippen LogP) is 1.87. The van der Waals surface area contributed by atoms with Crippen molar-refractivity contribution in [2.75, 3.05) is 31.1 Å². The van der Waals surface area contributed by atoms with Crippen molar-refractivity contribution in [1.29, 1.82) is 0 Å². The number of anilines is 1. The molecule has 3 heterocycles. The van der Waals surface area contributed by atoms with Gasteiger partial charge < -0.3 is 9.80 Å². The minimum Gasteiger partial charge on any atom is -0.356 e. The van der Waals surface area contributed by atoms with E-state index in [-0.39, 0.29) is 5.92 Å². The molecule has 0 bridgehead atoms. The second-order valence-electron chi connectivity index (χ2n) is 7.14. The molecule has 2 saturated heterocycles. The molecule has 1 amide bonds. The average molecular weight is 300 g/mol. The molecular formula is C17H24N4O. The van der Waals surface area contributed by atoms with E-state index in [1.165, 1.54) is 19.3 Å². The van der Waals surface area contributed by atoms with Crippen molar-refractivity contribution in [2.24, 2.45) is 17.8 Å². The molecule has 1 aromatic rings. The summed E-state index contributed by atoms with van der Waals surface area (Å²) in [5.74, 6) is 3.05. The minimum atomic E-state index is 0.147. The molecule has 5 nitrogen and oxygen atoms in total. The summed E-state index contributed by atoms with van der Waals surface area (Å²) in [7, 11) is 0. The molecule has 3 fully saturated rings. The fraction of sp³-hybridized carbons (Fsp3) is 0.706. The Morgan fingerprint density at radius 1 is 1.14 bits per heavy atom. The lowest BCUT2D eigenvalue weighted by Gasteiger charge is -2.22. The van der Waals surface area contributed by atoms with E-state index < -0.39 is 0 Å². The van der Waals surface area contributed by atoms with Gasteiger partial charge in [-0.05, 0) is 38.0 Å². The maximum Gasteiger partial charge on any atom is 0.227 e. The summed E-state index contributed by atoms with van der Waals surface area (Å²) in [6, 6.07) is 2.01. The number of carbonyl (C=O) groups is 1. The van der Waals surface area contributed by atoms with Gasteiger partial charge in [0.2, 0.25) is 5.91 Å². The number of rotatable bonds is 2. The van der Waals surface area contributed by atoms with Crippen LogP contribution in [-0.2, 0) is 4.79 Å². The zero-order chi connectivity index (χ0) is 15.1. The molecule has 3 atom stereocenters. The zero-order valence-electron chi connectivity index (χ0n) is 13.2. The van der Waals surface area contributed by atoms with Gasteiger partial charge in [0.05, 0.1) is 5.92 Å². The van der Waals surface area contributed by atoms with Crippen molar-refractivity contribution in [3.63, 3.8) is 0 Å². The summed E-state index contributed by atoms with van der Waals surface area (Å²) in [4.78, 5) is 25.7. The second-order valence-corrected chi connectivity index (χ2v) is 7.14. The van der Waals surface area contributed by atoms with E-state index in [1.54, 1.807) is 6.33 Å². The van der Waals surface area contributed by atoms with Crippen molar-refractivity contribution in [3.05, 3.63) is 18.1 Å². The lowest BCUT2D eigenvalue weighted by Crippen LogP contribution is -2.36. The molecule has 22 heavy (non-hydrogen) atoms. The molecule has 1 aliphatic carbocycles. The van der Waals surface area contributed by atoms with Crippen molar-refractivity contribution >= 4 is 11.7 Å². The first kappa shape index (κ1) is 14.0. The first-order valence-corrected chi connectivity index (χ1v) is 8.53. The van der Waals surface area contributed by atoms with Crippen molar-refractivity contribution in [2.45, 2.75) is 32.6 Å². The number of aryl methyl sites for hydroxylation is 1. The lowest BCUT2D eigenvalue weighted by atomic mass is 10.0. The summed E-state index contributed by atoms with van der Waals surface area (Å²) in [6.45, 7) is 5.72. The van der Waals surface area contributed by atoms with Crippen LogP contribution >= 0.6 is 0 Å². The Morgan fingerprint density at radius 3 is 2.64 bits per heavy atom. The molecule has 3 aliphatic rings. The normalized spacial score (nSPS) is 30.9. The molecule has 2 aliphatic heterocycles. The smallest absolute Gasteiger partial charge is 0.227 e. The van der Waals surface area contributed by atoms with E-state index in [4.69, 9.17) is 0 Å². The van der Waals surface area contributed by atoms with E-state index >= 15 is 0 Å². The fourth-order valence-corrected chi connectivity index (χ4v) is 4.46. The quantitative estimate of drug-likeness (QED) is 0.836. The number of hydrogen-bond donors (Lipinski definition) is 0. The Labute approximate surface area is 131 Å². The Balaban J connectivity index is 1.39. The third-order valence-corrected chi connectivity index (χ3v) is 5.69. The Bertz CT molecular complexity index is 564. The van der Waals surface area contributed by atoms with E-state index in [9.17, 15) is 4.79 Å². The van der Waals surface area contributed by atoms with Crippen LogP contribution in [-0.4, -0.2) is 47.0 Å². The molecule has 118 valence electrons. The van der Waals surface area contributed by atoms with Crippen LogP contribution in [0, 0.1) is 24.7 Å². The SMILES string of the molecule is Cc1cc(N2CCC(C(=O)N3CC4CCCC4C3)C2)ncn1. The molecule has 3 unspecified atom stereocenters. The monoisotopic (exact) mass is 300 g/mol. The van der Waals surface area contributed by atoms with E-state index in [0.717, 1.165) is 55.9 Å². The summed E-state index contributed by atoms with van der Waals surface area (Å²) < 4.78 is 0. The Morgan fingerprint density at radius 2 is 1.91 bits per heavy atom. The van der Waals surface area contributed by atoms with Gasteiger partial charge in [0.25, 0.3) is 0 Å². The summed E-state index contributed by atoms with van der Waals surface area (Å²) >= 11 is 0. The van der Waals surface area contributed by atoms with Crippen LogP contribution in [0.5, 0.6) is 0 Å². The highest BCUT2D eigenvalue weighted by Gasteiger charge is 2.41. The van der Waals surface area contributed by atoms with E-state index in [1.807, 2.05) is 13.0 Å². The largest absolute Gasteiger partial charge is 0.356 e. The molecule has 5 heteroatoms.